The number of hydrogen-bond donors (Lipinski definition) is 1. The Hall–Kier alpha value is -3.84. The maximum atomic E-state index is 13.2. The predicted octanol–water partition coefficient (Wildman–Crippen LogP) is 5.78. The highest BCUT2D eigenvalue weighted by molar-refractivity contribution is 7.12. The summed E-state index contributed by atoms with van der Waals surface area (Å²) in [6.45, 7) is 1.87. The van der Waals surface area contributed by atoms with E-state index in [1.807, 2.05) is 60.8 Å². The molecule has 0 aliphatic heterocycles. The van der Waals surface area contributed by atoms with E-state index in [9.17, 15) is 9.18 Å². The average Bonchev–Trinajstić information content (AvgIpc) is 3.41. The van der Waals surface area contributed by atoms with Crippen LogP contribution in [0.15, 0.2) is 78.2 Å². The third-order valence-electron chi connectivity index (χ3n) is 5.14. The normalized spacial score (nSPS) is 11.1. The first-order chi connectivity index (χ1) is 15.6. The highest BCUT2D eigenvalue weighted by Crippen LogP contribution is 2.27. The third-order valence-corrected chi connectivity index (χ3v) is 5.96. The fourth-order valence-electron chi connectivity index (χ4n) is 3.66. The monoisotopic (exact) mass is 442 g/mol. The summed E-state index contributed by atoms with van der Waals surface area (Å²) in [5.74, 6) is 0.147. The zero-order valence-electron chi connectivity index (χ0n) is 17.2. The van der Waals surface area contributed by atoms with Gasteiger partial charge in [0.05, 0.1) is 17.8 Å². The number of fused-ring (bicyclic) bond motifs is 1. The zero-order valence-corrected chi connectivity index (χ0v) is 18.1. The number of nitrogens with one attached hydrogen (secondary N) is 1. The minimum absolute atomic E-state index is 0.127. The summed E-state index contributed by atoms with van der Waals surface area (Å²) < 4.78 is 14.9. The van der Waals surface area contributed by atoms with E-state index in [1.165, 1.54) is 23.5 Å². The van der Waals surface area contributed by atoms with Crippen molar-refractivity contribution in [2.75, 3.05) is 5.32 Å². The molecular formula is C25H19FN4OS. The van der Waals surface area contributed by atoms with Crippen molar-refractivity contribution in [2.45, 2.75) is 13.3 Å². The molecule has 0 aliphatic carbocycles. The zero-order chi connectivity index (χ0) is 22.1. The highest BCUT2D eigenvalue weighted by atomic mass is 32.1. The molecule has 32 heavy (non-hydrogen) atoms. The third kappa shape index (κ3) is 4.02. The van der Waals surface area contributed by atoms with Gasteiger partial charge in [-0.3, -0.25) is 4.79 Å². The molecule has 5 aromatic rings. The summed E-state index contributed by atoms with van der Waals surface area (Å²) in [6.07, 6.45) is 0.254. The van der Waals surface area contributed by atoms with E-state index in [4.69, 9.17) is 0 Å². The summed E-state index contributed by atoms with van der Waals surface area (Å²) in [7, 11) is 0. The molecule has 0 fully saturated rings. The SMILES string of the molecule is Cc1cc(NC(=O)Cc2cccc3ccccc23)n(-c2nc(-c3ccc(F)cc3)cs2)n1. The molecule has 2 aromatic heterocycles. The molecular weight excluding hydrogens is 423 g/mol. The summed E-state index contributed by atoms with van der Waals surface area (Å²) in [5, 5.41) is 12.2. The quantitative estimate of drug-likeness (QED) is 0.375. The number of nitrogens with zero attached hydrogens (tertiary/aromatic N) is 3. The molecule has 0 radical (unpaired) electrons. The predicted molar refractivity (Wildman–Crippen MR) is 126 cm³/mol. The maximum absolute atomic E-state index is 13.2. The number of benzene rings is 3. The van der Waals surface area contributed by atoms with Crippen LogP contribution in [0.1, 0.15) is 11.3 Å². The van der Waals surface area contributed by atoms with Crippen LogP contribution in [-0.4, -0.2) is 20.7 Å². The molecule has 0 bridgehead atoms. The molecule has 2 heterocycles. The Balaban J connectivity index is 1.39. The summed E-state index contributed by atoms with van der Waals surface area (Å²) >= 11 is 1.41. The molecule has 7 heteroatoms. The van der Waals surface area contributed by atoms with Crippen molar-refractivity contribution in [1.82, 2.24) is 14.8 Å². The fourth-order valence-corrected chi connectivity index (χ4v) is 4.45. The Morgan fingerprint density at radius 1 is 1.06 bits per heavy atom. The highest BCUT2D eigenvalue weighted by Gasteiger charge is 2.15. The lowest BCUT2D eigenvalue weighted by Gasteiger charge is -2.09. The van der Waals surface area contributed by atoms with Crippen molar-refractivity contribution in [3.63, 3.8) is 0 Å². The van der Waals surface area contributed by atoms with Crippen LogP contribution >= 0.6 is 11.3 Å². The van der Waals surface area contributed by atoms with Crippen LogP contribution in [0, 0.1) is 12.7 Å². The molecule has 0 atom stereocenters. The number of amides is 1. The number of halogens is 1. The first-order valence-corrected chi connectivity index (χ1v) is 11.0. The number of carbonyl (C=O) groups is 1. The summed E-state index contributed by atoms with van der Waals surface area (Å²) in [5.41, 5.74) is 3.28. The number of carbonyl (C=O) groups excluding carboxylic acids is 1. The Bertz CT molecular complexity index is 1420. The van der Waals surface area contributed by atoms with E-state index in [0.29, 0.717) is 10.9 Å². The molecule has 0 saturated heterocycles. The van der Waals surface area contributed by atoms with E-state index < -0.39 is 0 Å². The van der Waals surface area contributed by atoms with Gasteiger partial charge in [0.2, 0.25) is 11.0 Å². The first kappa shape index (κ1) is 20.1. The molecule has 0 spiro atoms. The lowest BCUT2D eigenvalue weighted by molar-refractivity contribution is -0.115. The van der Waals surface area contributed by atoms with Gasteiger partial charge < -0.3 is 5.32 Å². The molecule has 0 aliphatic rings. The van der Waals surface area contributed by atoms with Gasteiger partial charge in [0.25, 0.3) is 0 Å². The van der Waals surface area contributed by atoms with E-state index in [0.717, 1.165) is 33.3 Å². The van der Waals surface area contributed by atoms with Gasteiger partial charge in [-0.15, -0.1) is 11.3 Å². The van der Waals surface area contributed by atoms with Crippen LogP contribution in [0.5, 0.6) is 0 Å². The van der Waals surface area contributed by atoms with Gasteiger partial charge in [-0.25, -0.2) is 9.37 Å². The van der Waals surface area contributed by atoms with Crippen LogP contribution < -0.4 is 5.32 Å². The first-order valence-electron chi connectivity index (χ1n) is 10.1. The Morgan fingerprint density at radius 2 is 1.84 bits per heavy atom. The lowest BCUT2D eigenvalue weighted by atomic mass is 10.0. The van der Waals surface area contributed by atoms with Crippen LogP contribution in [0.3, 0.4) is 0 Å². The summed E-state index contributed by atoms with van der Waals surface area (Å²) in [6, 6.07) is 22.0. The van der Waals surface area contributed by atoms with Crippen LogP contribution in [0.25, 0.3) is 27.2 Å². The van der Waals surface area contributed by atoms with E-state index in [2.05, 4.69) is 15.4 Å². The van der Waals surface area contributed by atoms with Crippen molar-refractivity contribution >= 4 is 33.8 Å². The lowest BCUT2D eigenvalue weighted by Crippen LogP contribution is -2.17. The number of anilines is 1. The second-order valence-corrected chi connectivity index (χ2v) is 8.30. The van der Waals surface area contributed by atoms with Crippen LogP contribution in [-0.2, 0) is 11.2 Å². The van der Waals surface area contributed by atoms with Gasteiger partial charge in [-0.1, -0.05) is 42.5 Å². The van der Waals surface area contributed by atoms with Crippen molar-refractivity contribution in [2.24, 2.45) is 0 Å². The topological polar surface area (TPSA) is 59.8 Å². The smallest absolute Gasteiger partial charge is 0.229 e. The molecule has 1 amide bonds. The fraction of sp³-hybridized carbons (Fsp3) is 0.0800. The van der Waals surface area contributed by atoms with Gasteiger partial charge in [0, 0.05) is 17.0 Å². The molecule has 1 N–H and O–H groups in total. The van der Waals surface area contributed by atoms with Crippen molar-refractivity contribution in [1.29, 1.82) is 0 Å². The molecule has 5 nitrogen and oxygen atoms in total. The average molecular weight is 443 g/mol. The van der Waals surface area contributed by atoms with Crippen molar-refractivity contribution in [3.8, 4) is 16.4 Å². The van der Waals surface area contributed by atoms with Gasteiger partial charge in [0.15, 0.2) is 0 Å². The largest absolute Gasteiger partial charge is 0.310 e. The number of aryl methyl sites for hydroxylation is 1. The minimum atomic E-state index is -0.289. The molecule has 0 unspecified atom stereocenters. The number of rotatable bonds is 5. The van der Waals surface area contributed by atoms with Crippen LogP contribution in [0.2, 0.25) is 0 Å². The van der Waals surface area contributed by atoms with E-state index in [1.54, 1.807) is 16.8 Å². The van der Waals surface area contributed by atoms with E-state index in [-0.39, 0.29) is 18.1 Å². The van der Waals surface area contributed by atoms with Crippen LogP contribution in [0.4, 0.5) is 10.2 Å². The van der Waals surface area contributed by atoms with Gasteiger partial charge in [0.1, 0.15) is 11.6 Å². The molecule has 158 valence electrons. The second kappa shape index (κ2) is 8.36. The number of thiazole rings is 1. The maximum Gasteiger partial charge on any atom is 0.229 e. The van der Waals surface area contributed by atoms with Gasteiger partial charge in [-0.05, 0) is 47.5 Å². The molecule has 5 rings (SSSR count). The number of aromatic nitrogens is 3. The Morgan fingerprint density at radius 3 is 2.69 bits per heavy atom. The van der Waals surface area contributed by atoms with Crippen molar-refractivity contribution < 1.29 is 9.18 Å². The van der Waals surface area contributed by atoms with Gasteiger partial charge >= 0.3 is 0 Å². The van der Waals surface area contributed by atoms with Gasteiger partial charge in [-0.2, -0.15) is 9.78 Å². The molecule has 3 aromatic carbocycles. The summed E-state index contributed by atoms with van der Waals surface area (Å²) in [4.78, 5) is 17.5. The minimum Gasteiger partial charge on any atom is -0.310 e. The Kier molecular flexibility index (Phi) is 5.25. The second-order valence-electron chi connectivity index (χ2n) is 7.47. The Labute approximate surface area is 188 Å². The molecule has 0 saturated carbocycles. The standard InChI is InChI=1S/C25H19FN4OS/c1-16-13-23(28-24(31)14-19-7-4-6-17-5-2-3-8-21(17)19)30(29-16)25-27-22(15-32-25)18-9-11-20(26)12-10-18/h2-13,15H,14H2,1H3,(H,28,31). The number of hydrogen-bond acceptors (Lipinski definition) is 4. The van der Waals surface area contributed by atoms with E-state index >= 15 is 0 Å². The van der Waals surface area contributed by atoms with Crippen molar-refractivity contribution in [3.05, 3.63) is 95.3 Å².